The van der Waals surface area contributed by atoms with E-state index in [-0.39, 0.29) is 0 Å². The highest BCUT2D eigenvalue weighted by Crippen LogP contribution is 2.32. The molecule has 0 spiro atoms. The lowest BCUT2D eigenvalue weighted by Crippen LogP contribution is -2.34. The molecule has 5 nitrogen and oxygen atoms in total. The van der Waals surface area contributed by atoms with Crippen molar-refractivity contribution in [2.75, 3.05) is 18.0 Å². The summed E-state index contributed by atoms with van der Waals surface area (Å²) in [6.45, 7) is 9.54. The van der Waals surface area contributed by atoms with Gasteiger partial charge >= 0.3 is 0 Å². The zero-order valence-electron chi connectivity index (χ0n) is 21.2. The van der Waals surface area contributed by atoms with Crippen molar-refractivity contribution in [2.45, 2.75) is 53.0 Å². The first-order valence-corrected chi connectivity index (χ1v) is 14.7. The van der Waals surface area contributed by atoms with Gasteiger partial charge in [0.05, 0.1) is 10.6 Å². The number of nitrogens with zero attached hydrogens (tertiary/aromatic N) is 5. The molecule has 0 saturated carbocycles. The van der Waals surface area contributed by atoms with E-state index in [0.29, 0.717) is 10.3 Å². The van der Waals surface area contributed by atoms with E-state index in [4.69, 9.17) is 11.6 Å². The molecule has 0 amide bonds. The van der Waals surface area contributed by atoms with E-state index in [9.17, 15) is 0 Å². The third-order valence-electron chi connectivity index (χ3n) is 6.08. The minimum Gasteiger partial charge on any atom is -0.372 e. The Morgan fingerprint density at radius 3 is 2.44 bits per heavy atom. The van der Waals surface area contributed by atoms with Crippen molar-refractivity contribution < 1.29 is 4.57 Å². The number of aryl methyl sites for hydroxylation is 1. The number of azo groups is 1. The van der Waals surface area contributed by atoms with E-state index < -0.39 is 0 Å². The van der Waals surface area contributed by atoms with E-state index in [1.54, 1.807) is 11.3 Å². The average Bonchev–Trinajstić information content (AvgIpc) is 3.44. The van der Waals surface area contributed by atoms with Crippen LogP contribution in [-0.2, 0) is 6.54 Å². The minimum atomic E-state index is 0.456. The molecule has 0 atom stereocenters. The third kappa shape index (κ3) is 6.58. The number of anilines is 1. The van der Waals surface area contributed by atoms with Gasteiger partial charge < -0.3 is 4.90 Å². The molecular weight excluding hydrogens is 506 g/mol. The Kier molecular flexibility index (Phi) is 9.61. The van der Waals surface area contributed by atoms with Crippen LogP contribution in [0.25, 0.3) is 22.4 Å². The second-order valence-corrected chi connectivity index (χ2v) is 10.9. The Morgan fingerprint density at radius 1 is 0.917 bits per heavy atom. The Morgan fingerprint density at radius 2 is 1.69 bits per heavy atom. The Labute approximate surface area is 226 Å². The number of para-hydroxylation sites is 1. The second kappa shape index (κ2) is 13.1. The molecule has 0 aliphatic carbocycles. The number of fused-ring (bicyclic) bond motifs is 1. The number of benzene rings is 2. The van der Waals surface area contributed by atoms with Crippen LogP contribution in [0, 0.1) is 0 Å². The van der Waals surface area contributed by atoms with Crippen LogP contribution in [0.3, 0.4) is 0 Å². The fraction of sp³-hybridized carbons (Fsp3) is 0.357. The molecule has 4 aromatic rings. The van der Waals surface area contributed by atoms with Crippen molar-refractivity contribution in [3.63, 3.8) is 0 Å². The summed E-state index contributed by atoms with van der Waals surface area (Å²) in [6, 6.07) is 16.7. The van der Waals surface area contributed by atoms with Crippen molar-refractivity contribution >= 4 is 73.1 Å². The summed E-state index contributed by atoms with van der Waals surface area (Å²) in [5.41, 5.74) is 3.27. The van der Waals surface area contributed by atoms with Crippen molar-refractivity contribution in [3.8, 4) is 0 Å². The summed E-state index contributed by atoms with van der Waals surface area (Å²) in [6.07, 6.45) is 9.16. The molecule has 0 aliphatic heterocycles. The van der Waals surface area contributed by atoms with Gasteiger partial charge in [0, 0.05) is 37.3 Å². The molecule has 2 aromatic carbocycles. The average molecular weight is 539 g/mol. The minimum absolute atomic E-state index is 0.456. The number of halogens is 1. The molecule has 4 rings (SSSR count). The summed E-state index contributed by atoms with van der Waals surface area (Å²) in [5, 5.41) is 10.9. The van der Waals surface area contributed by atoms with Gasteiger partial charge in [-0.1, -0.05) is 66.2 Å². The molecular formula is C28H33ClN5S2+. The first-order valence-electron chi connectivity index (χ1n) is 12.7. The molecule has 0 unspecified atom stereocenters. The van der Waals surface area contributed by atoms with Crippen LogP contribution in [0.2, 0.25) is 5.15 Å². The summed E-state index contributed by atoms with van der Waals surface area (Å²) < 4.78 is 3.72. The maximum Gasteiger partial charge on any atom is 0.262 e. The second-order valence-electron chi connectivity index (χ2n) is 8.49. The lowest BCUT2D eigenvalue weighted by molar-refractivity contribution is -0.669. The Balaban J connectivity index is 1.49. The highest BCUT2D eigenvalue weighted by Gasteiger charge is 2.18. The van der Waals surface area contributed by atoms with Crippen molar-refractivity contribution in [3.05, 3.63) is 63.6 Å². The van der Waals surface area contributed by atoms with Crippen LogP contribution in [0.15, 0.2) is 58.8 Å². The molecule has 0 fully saturated rings. The van der Waals surface area contributed by atoms with Gasteiger partial charge in [0.15, 0.2) is 6.54 Å². The molecule has 0 bridgehead atoms. The zero-order valence-corrected chi connectivity index (χ0v) is 23.5. The van der Waals surface area contributed by atoms with Crippen LogP contribution in [0.5, 0.6) is 0 Å². The molecule has 36 heavy (non-hydrogen) atoms. The lowest BCUT2D eigenvalue weighted by Gasteiger charge is -2.20. The van der Waals surface area contributed by atoms with Crippen molar-refractivity contribution in [1.29, 1.82) is 0 Å². The van der Waals surface area contributed by atoms with Gasteiger partial charge in [0.2, 0.25) is 10.6 Å². The first-order chi connectivity index (χ1) is 17.6. The molecule has 0 N–H and O–H groups in total. The SMILES string of the molecule is CCCCCC[n+]1c(/C=C/c2sc(N=Nc3ccc(N(CC)CC)cc3)nc2Cl)sc2ccccc21. The maximum absolute atomic E-state index is 6.45. The molecule has 2 heterocycles. The molecule has 8 heteroatoms. The first kappa shape index (κ1) is 26.5. The van der Waals surface area contributed by atoms with Crippen molar-refractivity contribution in [1.82, 2.24) is 4.98 Å². The molecule has 2 aromatic heterocycles. The topological polar surface area (TPSA) is 44.7 Å². The summed E-state index contributed by atoms with van der Waals surface area (Å²) in [7, 11) is 0. The summed E-state index contributed by atoms with van der Waals surface area (Å²) in [4.78, 5) is 7.59. The lowest BCUT2D eigenvalue weighted by atomic mass is 10.2. The number of thiazole rings is 2. The van der Waals surface area contributed by atoms with Crippen LogP contribution in [0.1, 0.15) is 56.3 Å². The monoisotopic (exact) mass is 538 g/mol. The van der Waals surface area contributed by atoms with Gasteiger partial charge in [0.1, 0.15) is 9.85 Å². The third-order valence-corrected chi connectivity index (χ3v) is 8.51. The summed E-state index contributed by atoms with van der Waals surface area (Å²) >= 11 is 9.71. The predicted octanol–water partition coefficient (Wildman–Crippen LogP) is 9.31. The summed E-state index contributed by atoms with van der Waals surface area (Å²) in [5.74, 6) is 0. The fourth-order valence-corrected chi connectivity index (χ4v) is 6.20. The molecule has 188 valence electrons. The van der Waals surface area contributed by atoms with Crippen LogP contribution in [-0.4, -0.2) is 18.1 Å². The number of aromatic nitrogens is 2. The van der Waals surface area contributed by atoms with E-state index in [1.165, 1.54) is 57.9 Å². The number of hydrogen-bond acceptors (Lipinski definition) is 6. The van der Waals surface area contributed by atoms with E-state index in [2.05, 4.69) is 87.9 Å². The van der Waals surface area contributed by atoms with E-state index in [1.807, 2.05) is 18.2 Å². The fourth-order valence-electron chi connectivity index (χ4n) is 4.12. The van der Waals surface area contributed by atoms with Gasteiger partial charge in [-0.25, -0.2) is 4.98 Å². The Bertz CT molecular complexity index is 1320. The molecule has 0 saturated heterocycles. The zero-order chi connectivity index (χ0) is 25.3. The number of rotatable bonds is 12. The van der Waals surface area contributed by atoms with Gasteiger partial charge in [-0.05, 0) is 56.7 Å². The van der Waals surface area contributed by atoms with Gasteiger partial charge in [0.25, 0.3) is 5.01 Å². The number of unbranched alkanes of at least 4 members (excludes halogenated alkanes) is 3. The normalized spacial score (nSPS) is 11.9. The number of hydrogen-bond donors (Lipinski definition) is 0. The van der Waals surface area contributed by atoms with Crippen LogP contribution >= 0.6 is 34.3 Å². The van der Waals surface area contributed by atoms with Crippen molar-refractivity contribution in [2.24, 2.45) is 10.2 Å². The smallest absolute Gasteiger partial charge is 0.262 e. The largest absolute Gasteiger partial charge is 0.372 e. The standard InChI is InChI=1S/C28H33ClN5S2/c1-4-7-8-11-20-34-23-12-9-10-13-24(23)35-26(34)19-18-25-27(29)30-28(36-25)32-31-21-14-16-22(17-15-21)33(5-2)6-3/h9-10,12-19H,4-8,11,20H2,1-3H3/q+1. The highest BCUT2D eigenvalue weighted by atomic mass is 35.5. The van der Waals surface area contributed by atoms with E-state index >= 15 is 0 Å². The molecule has 0 radical (unpaired) electrons. The predicted molar refractivity (Wildman–Crippen MR) is 156 cm³/mol. The molecule has 0 aliphatic rings. The van der Waals surface area contributed by atoms with E-state index in [0.717, 1.165) is 30.2 Å². The quantitative estimate of drug-likeness (QED) is 0.102. The highest BCUT2D eigenvalue weighted by molar-refractivity contribution is 7.19. The Hall–Kier alpha value is -2.61. The van der Waals surface area contributed by atoms with Gasteiger partial charge in [-0.2, -0.15) is 4.57 Å². The van der Waals surface area contributed by atoms with Crippen LogP contribution < -0.4 is 9.47 Å². The van der Waals surface area contributed by atoms with Crippen LogP contribution in [0.4, 0.5) is 16.5 Å². The maximum atomic E-state index is 6.45. The van der Waals surface area contributed by atoms with Gasteiger partial charge in [-0.3, -0.25) is 0 Å². The van der Waals surface area contributed by atoms with Gasteiger partial charge in [-0.15, -0.1) is 10.2 Å².